The highest BCUT2D eigenvalue weighted by Gasteiger charge is 2.21. The number of hydrazine groups is 1. The molecule has 2 amide bonds. The molecule has 1 aromatic heterocycles. The van der Waals surface area contributed by atoms with Crippen molar-refractivity contribution in [2.45, 2.75) is 36.6 Å². The zero-order valence-electron chi connectivity index (χ0n) is 19.6. The van der Waals surface area contributed by atoms with Gasteiger partial charge >= 0.3 is 16.1 Å². The lowest BCUT2D eigenvalue weighted by Gasteiger charge is -2.21. The van der Waals surface area contributed by atoms with Crippen LogP contribution < -0.4 is 25.7 Å². The maximum Gasteiger partial charge on any atom is 0.339 e. The van der Waals surface area contributed by atoms with Crippen molar-refractivity contribution < 1.29 is 21.8 Å². The van der Waals surface area contributed by atoms with Crippen molar-refractivity contribution in [3.05, 3.63) is 72.5 Å². The fourth-order valence-electron chi connectivity index (χ4n) is 4.30. The number of imidazole rings is 1. The molecule has 10 nitrogen and oxygen atoms in total. The van der Waals surface area contributed by atoms with E-state index in [1.54, 1.807) is 24.3 Å². The molecule has 0 spiro atoms. The van der Waals surface area contributed by atoms with E-state index in [1.807, 2.05) is 0 Å². The van der Waals surface area contributed by atoms with Gasteiger partial charge in [-0.1, -0.05) is 25.0 Å². The Hall–Kier alpha value is -4.32. The second-order valence-corrected chi connectivity index (χ2v) is 10.2. The molecule has 0 aliphatic heterocycles. The van der Waals surface area contributed by atoms with Crippen molar-refractivity contribution in [2.75, 3.05) is 10.3 Å². The minimum absolute atomic E-state index is 0.00488. The second-order valence-electron chi connectivity index (χ2n) is 8.69. The maximum absolute atomic E-state index is 14.4. The van der Waals surface area contributed by atoms with Gasteiger partial charge in [0.25, 0.3) is 0 Å². The summed E-state index contributed by atoms with van der Waals surface area (Å²) in [7, 11) is -4.10. The highest BCUT2D eigenvalue weighted by molar-refractivity contribution is 7.87. The van der Waals surface area contributed by atoms with Crippen LogP contribution in [0.1, 0.15) is 25.7 Å². The number of hydrogen-bond acceptors (Lipinski definition) is 7. The van der Waals surface area contributed by atoms with Crippen LogP contribution in [-0.2, 0) is 10.1 Å². The van der Waals surface area contributed by atoms with Gasteiger partial charge in [0.15, 0.2) is 0 Å². The van der Waals surface area contributed by atoms with E-state index < -0.39 is 22.0 Å². The van der Waals surface area contributed by atoms with Crippen molar-refractivity contribution >= 4 is 44.5 Å². The zero-order valence-corrected chi connectivity index (χ0v) is 20.5. The molecule has 0 radical (unpaired) electrons. The Labute approximate surface area is 212 Å². The molecule has 4 aromatic rings. The van der Waals surface area contributed by atoms with Crippen LogP contribution in [0.5, 0.6) is 5.75 Å². The minimum Gasteiger partial charge on any atom is -0.382 e. The Morgan fingerprint density at radius 2 is 1.81 bits per heavy atom. The zero-order chi connectivity index (χ0) is 26.0. The molecule has 1 aliphatic carbocycles. The van der Waals surface area contributed by atoms with Crippen LogP contribution in [0.2, 0.25) is 0 Å². The van der Waals surface area contributed by atoms with Crippen molar-refractivity contribution in [2.24, 2.45) is 5.73 Å². The van der Waals surface area contributed by atoms with E-state index in [2.05, 4.69) is 20.7 Å². The molecule has 37 heavy (non-hydrogen) atoms. The molecule has 1 fully saturated rings. The van der Waals surface area contributed by atoms with Gasteiger partial charge in [-0.25, -0.2) is 24.6 Å². The van der Waals surface area contributed by atoms with Crippen molar-refractivity contribution in [3.8, 4) is 5.75 Å². The Morgan fingerprint density at radius 3 is 2.51 bits per heavy atom. The number of aromatic nitrogens is 2. The smallest absolute Gasteiger partial charge is 0.339 e. The van der Waals surface area contributed by atoms with Crippen LogP contribution in [0.15, 0.2) is 71.6 Å². The van der Waals surface area contributed by atoms with Gasteiger partial charge in [0.05, 0.1) is 11.0 Å². The minimum atomic E-state index is -4.10. The number of primary amides is 1. The Balaban J connectivity index is 1.37. The standard InChI is InChI=1S/C25H25FN6O4S/c26-20-7-3-4-8-23(20)32(31-24(27)33)25-29-21-14-11-18(15-22(21)30-25)36-37(34,35)19-12-9-17(10-13-19)28-16-5-1-2-6-16/h3-4,7-16,28H,1-2,5-6H2,(H,29,30)(H3,27,31,33). The average Bonchev–Trinajstić information content (AvgIpc) is 3.52. The number of nitrogens with two attached hydrogens (primary N) is 1. The van der Waals surface area contributed by atoms with Gasteiger partial charge in [0, 0.05) is 17.8 Å². The summed E-state index contributed by atoms with van der Waals surface area (Å²) < 4.78 is 45.5. The average molecular weight is 525 g/mol. The molecule has 0 saturated heterocycles. The number of fused-ring (bicyclic) bond motifs is 1. The lowest BCUT2D eigenvalue weighted by atomic mass is 10.2. The molecular weight excluding hydrogens is 499 g/mol. The first-order valence-electron chi connectivity index (χ1n) is 11.7. The van der Waals surface area contributed by atoms with Crippen molar-refractivity contribution in [1.29, 1.82) is 0 Å². The first kappa shape index (κ1) is 24.4. The van der Waals surface area contributed by atoms with Gasteiger partial charge in [-0.3, -0.25) is 0 Å². The van der Waals surface area contributed by atoms with Gasteiger partial charge in [-0.2, -0.15) is 8.42 Å². The predicted molar refractivity (Wildman–Crippen MR) is 137 cm³/mol. The first-order valence-corrected chi connectivity index (χ1v) is 13.1. The largest absolute Gasteiger partial charge is 0.382 e. The Morgan fingerprint density at radius 1 is 1.08 bits per heavy atom. The number of nitrogens with zero attached hydrogens (tertiary/aromatic N) is 2. The topological polar surface area (TPSA) is 142 Å². The number of para-hydroxylation sites is 1. The third kappa shape index (κ3) is 5.43. The summed E-state index contributed by atoms with van der Waals surface area (Å²) in [4.78, 5) is 18.9. The number of rotatable bonds is 8. The highest BCUT2D eigenvalue weighted by Crippen LogP contribution is 2.29. The summed E-state index contributed by atoms with van der Waals surface area (Å²) in [6.45, 7) is 0. The summed E-state index contributed by atoms with van der Waals surface area (Å²) in [6.07, 6.45) is 4.61. The number of H-pyrrole nitrogens is 1. The molecule has 1 heterocycles. The molecule has 5 rings (SSSR count). The maximum atomic E-state index is 14.4. The van der Waals surface area contributed by atoms with Crippen LogP contribution in [0.3, 0.4) is 0 Å². The molecule has 1 aliphatic rings. The molecular formula is C25H25FN6O4S. The molecule has 5 N–H and O–H groups in total. The molecule has 0 bridgehead atoms. The number of urea groups is 1. The monoisotopic (exact) mass is 524 g/mol. The van der Waals surface area contributed by atoms with E-state index in [0.29, 0.717) is 17.1 Å². The number of nitrogens with one attached hydrogen (secondary N) is 3. The van der Waals surface area contributed by atoms with Crippen LogP contribution in [0.25, 0.3) is 11.0 Å². The number of amides is 2. The number of carbonyl (C=O) groups is 1. The lowest BCUT2D eigenvalue weighted by molar-refractivity contribution is 0.249. The summed E-state index contributed by atoms with van der Waals surface area (Å²) >= 11 is 0. The van der Waals surface area contributed by atoms with E-state index in [1.165, 1.54) is 55.3 Å². The Kier molecular flexibility index (Phi) is 6.57. The first-order chi connectivity index (χ1) is 17.8. The van der Waals surface area contributed by atoms with Crippen molar-refractivity contribution in [3.63, 3.8) is 0 Å². The predicted octanol–water partition coefficient (Wildman–Crippen LogP) is 4.55. The molecule has 0 atom stereocenters. The summed E-state index contributed by atoms with van der Waals surface area (Å²) in [5.41, 5.74) is 9.27. The third-order valence-corrected chi connectivity index (χ3v) is 7.31. The SMILES string of the molecule is NC(=O)NN(c1nc2cc(OS(=O)(=O)c3ccc(NC4CCCC4)cc3)ccc2[nH]1)c1ccccc1F. The Bertz CT molecular complexity index is 1530. The third-order valence-electron chi connectivity index (χ3n) is 6.04. The summed E-state index contributed by atoms with van der Waals surface area (Å²) in [5, 5.41) is 4.48. The number of hydrogen-bond donors (Lipinski definition) is 4. The molecule has 1 saturated carbocycles. The number of anilines is 3. The quantitative estimate of drug-likeness (QED) is 0.196. The van der Waals surface area contributed by atoms with Gasteiger partial charge in [0.1, 0.15) is 22.1 Å². The number of halogens is 1. The fourth-order valence-corrected chi connectivity index (χ4v) is 5.22. The van der Waals surface area contributed by atoms with E-state index in [0.717, 1.165) is 23.5 Å². The summed E-state index contributed by atoms with van der Waals surface area (Å²) in [5.74, 6) is -0.514. The van der Waals surface area contributed by atoms with Crippen LogP contribution in [0.4, 0.5) is 26.5 Å². The lowest BCUT2D eigenvalue weighted by Crippen LogP contribution is -2.43. The van der Waals surface area contributed by atoms with Gasteiger partial charge < -0.3 is 20.2 Å². The molecule has 0 unspecified atom stereocenters. The van der Waals surface area contributed by atoms with Crippen LogP contribution in [0, 0.1) is 5.82 Å². The molecule has 12 heteroatoms. The van der Waals surface area contributed by atoms with Gasteiger partial charge in [-0.05, 0) is 61.4 Å². The van der Waals surface area contributed by atoms with Gasteiger partial charge in [0.2, 0.25) is 5.95 Å². The van der Waals surface area contributed by atoms with Crippen LogP contribution >= 0.6 is 0 Å². The molecule has 192 valence electrons. The molecule has 3 aromatic carbocycles. The number of benzene rings is 3. The normalized spacial score (nSPS) is 14.0. The van der Waals surface area contributed by atoms with E-state index in [-0.39, 0.29) is 22.3 Å². The van der Waals surface area contributed by atoms with E-state index in [4.69, 9.17) is 9.92 Å². The number of carbonyl (C=O) groups excluding carboxylic acids is 1. The highest BCUT2D eigenvalue weighted by atomic mass is 32.2. The van der Waals surface area contributed by atoms with Crippen LogP contribution in [-0.4, -0.2) is 30.5 Å². The van der Waals surface area contributed by atoms with E-state index in [9.17, 15) is 17.6 Å². The van der Waals surface area contributed by atoms with Crippen molar-refractivity contribution in [1.82, 2.24) is 15.4 Å². The summed E-state index contributed by atoms with van der Waals surface area (Å²) in [6, 6.07) is 16.1. The second kappa shape index (κ2) is 9.97. The van der Waals surface area contributed by atoms with Gasteiger partial charge in [-0.15, -0.1) is 0 Å². The fraction of sp³-hybridized carbons (Fsp3) is 0.200. The number of aromatic amines is 1. The van der Waals surface area contributed by atoms with E-state index >= 15 is 0 Å².